The van der Waals surface area contributed by atoms with E-state index < -0.39 is 18.0 Å². The van der Waals surface area contributed by atoms with Gasteiger partial charge < -0.3 is 28.4 Å². The van der Waals surface area contributed by atoms with Gasteiger partial charge in [-0.2, -0.15) is 0 Å². The topological polar surface area (TPSA) is 67.7 Å². The molecule has 3 aliphatic heterocycles. The zero-order chi connectivity index (χ0) is 19.1. The molecule has 0 unspecified atom stereocenters. The molecule has 4 atom stereocenters. The van der Waals surface area contributed by atoms with Gasteiger partial charge in [-0.15, -0.1) is 0 Å². The Labute approximate surface area is 159 Å². The fourth-order valence-corrected chi connectivity index (χ4v) is 3.57. The first kappa shape index (κ1) is 19.0. The van der Waals surface area contributed by atoms with Crippen molar-refractivity contribution in [1.29, 1.82) is 0 Å². The van der Waals surface area contributed by atoms with Gasteiger partial charge in [0.1, 0.15) is 24.4 Å². The predicted octanol–water partition coefficient (Wildman–Crippen LogP) is 2.48. The Hall–Kier alpha value is -1.35. The van der Waals surface area contributed by atoms with Crippen molar-refractivity contribution < 1.29 is 28.4 Å². The van der Waals surface area contributed by atoms with Gasteiger partial charge in [0.25, 0.3) is 6.41 Å². The van der Waals surface area contributed by atoms with Crippen LogP contribution in [0.25, 0.3) is 0 Å². The molecule has 0 spiro atoms. The molecule has 7 nitrogen and oxygen atoms in total. The van der Waals surface area contributed by atoms with E-state index in [4.69, 9.17) is 28.4 Å². The van der Waals surface area contributed by atoms with Crippen LogP contribution in [-0.2, 0) is 28.4 Å². The fourth-order valence-electron chi connectivity index (χ4n) is 3.57. The quantitative estimate of drug-likeness (QED) is 0.751. The smallest absolute Gasteiger partial charge is 0.259 e. The molecule has 0 aliphatic carbocycles. The molecule has 27 heavy (non-hydrogen) atoms. The molecule has 148 valence electrons. The Morgan fingerprint density at radius 2 is 1.37 bits per heavy atom. The van der Waals surface area contributed by atoms with Gasteiger partial charge in [-0.25, -0.2) is 4.99 Å². The van der Waals surface area contributed by atoms with Crippen LogP contribution in [0.3, 0.4) is 0 Å². The Bertz CT molecular complexity index is 642. The van der Waals surface area contributed by atoms with E-state index in [2.05, 4.69) is 4.99 Å². The number of rotatable bonds is 4. The first-order valence-corrected chi connectivity index (χ1v) is 9.34. The lowest BCUT2D eigenvalue weighted by molar-refractivity contribution is -0.165. The van der Waals surface area contributed by atoms with Crippen LogP contribution in [0.4, 0.5) is 0 Å². The number of aliphatic imine (C=N–C) groups is 1. The standard InChI is InChI=1S/C20H27NO6/c1-19(2)22-11-14(26-19)16-17(15-12-23-20(3,4)27-15)25-18(24-16)21-10-13-8-6-5-7-9-13/h5-10,14-18H,11-12H2,1-4H3/b21-10+/t14-,15-,16-,17-/m1/s1. The summed E-state index contributed by atoms with van der Waals surface area (Å²) < 4.78 is 35.6. The summed E-state index contributed by atoms with van der Waals surface area (Å²) in [6.45, 7) is 8.43. The van der Waals surface area contributed by atoms with Crippen molar-refractivity contribution in [1.82, 2.24) is 0 Å². The van der Waals surface area contributed by atoms with Gasteiger partial charge >= 0.3 is 0 Å². The summed E-state index contributed by atoms with van der Waals surface area (Å²) in [7, 11) is 0. The first-order chi connectivity index (χ1) is 12.8. The van der Waals surface area contributed by atoms with Crippen LogP contribution in [0.1, 0.15) is 33.3 Å². The zero-order valence-corrected chi connectivity index (χ0v) is 16.2. The largest absolute Gasteiger partial charge is 0.348 e. The van der Waals surface area contributed by atoms with Gasteiger partial charge in [-0.1, -0.05) is 30.3 Å². The summed E-state index contributed by atoms with van der Waals surface area (Å²) in [5.41, 5.74) is 0.980. The number of benzene rings is 1. The van der Waals surface area contributed by atoms with Crippen molar-refractivity contribution in [2.24, 2.45) is 4.99 Å². The third kappa shape index (κ3) is 4.39. The van der Waals surface area contributed by atoms with E-state index in [-0.39, 0.29) is 24.4 Å². The number of ether oxygens (including phenoxy) is 6. The molecule has 1 aromatic carbocycles. The average Bonchev–Trinajstić information content (AvgIpc) is 3.30. The van der Waals surface area contributed by atoms with Crippen LogP contribution < -0.4 is 0 Å². The van der Waals surface area contributed by atoms with Gasteiger partial charge in [0.15, 0.2) is 11.6 Å². The number of nitrogens with zero attached hydrogens (tertiary/aromatic N) is 1. The normalized spacial score (nSPS) is 36.0. The molecule has 0 N–H and O–H groups in total. The van der Waals surface area contributed by atoms with Crippen molar-refractivity contribution in [2.45, 2.75) is 70.1 Å². The molecular formula is C20H27NO6. The van der Waals surface area contributed by atoms with Gasteiger partial charge in [-0.3, -0.25) is 0 Å². The van der Waals surface area contributed by atoms with Crippen LogP contribution in [-0.4, -0.2) is 61.8 Å². The van der Waals surface area contributed by atoms with Crippen molar-refractivity contribution >= 4 is 6.21 Å². The van der Waals surface area contributed by atoms with Crippen LogP contribution >= 0.6 is 0 Å². The minimum Gasteiger partial charge on any atom is -0.348 e. The van der Waals surface area contributed by atoms with E-state index in [0.29, 0.717) is 13.2 Å². The van der Waals surface area contributed by atoms with Crippen LogP contribution in [0, 0.1) is 0 Å². The second-order valence-electron chi connectivity index (χ2n) is 7.93. The lowest BCUT2D eigenvalue weighted by atomic mass is 10.0. The van der Waals surface area contributed by atoms with E-state index in [0.717, 1.165) is 5.56 Å². The molecule has 0 saturated carbocycles. The van der Waals surface area contributed by atoms with Gasteiger partial charge in [0.05, 0.1) is 13.2 Å². The van der Waals surface area contributed by atoms with E-state index in [1.165, 1.54) is 0 Å². The molecule has 0 radical (unpaired) electrons. The second-order valence-corrected chi connectivity index (χ2v) is 7.93. The summed E-state index contributed by atoms with van der Waals surface area (Å²) >= 11 is 0. The highest BCUT2D eigenvalue weighted by atomic mass is 16.8. The Kier molecular flexibility index (Phi) is 5.09. The van der Waals surface area contributed by atoms with Crippen molar-refractivity contribution in [3.63, 3.8) is 0 Å². The van der Waals surface area contributed by atoms with Gasteiger partial charge in [-0.05, 0) is 33.3 Å². The highest BCUT2D eigenvalue weighted by Gasteiger charge is 2.52. The minimum atomic E-state index is -0.722. The lowest BCUT2D eigenvalue weighted by Crippen LogP contribution is -2.45. The van der Waals surface area contributed by atoms with E-state index in [1.54, 1.807) is 6.21 Å². The Balaban J connectivity index is 1.49. The SMILES string of the molecule is CC1(C)OC[C@H]([C@H]2OC(/N=C/c3ccccc3)O[C@@H]2[C@H]2COC(C)(C)O2)O1. The maximum Gasteiger partial charge on any atom is 0.259 e. The average molecular weight is 377 g/mol. The Morgan fingerprint density at radius 3 is 1.81 bits per heavy atom. The molecule has 3 saturated heterocycles. The van der Waals surface area contributed by atoms with Crippen molar-refractivity contribution in [2.75, 3.05) is 13.2 Å². The molecule has 0 bridgehead atoms. The summed E-state index contributed by atoms with van der Waals surface area (Å²) in [5.74, 6) is -1.29. The molecule has 7 heteroatoms. The molecule has 4 rings (SSSR count). The second kappa shape index (κ2) is 7.24. The lowest BCUT2D eigenvalue weighted by Gasteiger charge is -2.26. The molecular weight excluding hydrogens is 350 g/mol. The zero-order valence-electron chi connectivity index (χ0n) is 16.2. The highest BCUT2D eigenvalue weighted by Crippen LogP contribution is 2.36. The van der Waals surface area contributed by atoms with Crippen LogP contribution in [0.2, 0.25) is 0 Å². The molecule has 1 aromatic rings. The van der Waals surface area contributed by atoms with Crippen LogP contribution in [0.15, 0.2) is 35.3 Å². The first-order valence-electron chi connectivity index (χ1n) is 9.34. The predicted molar refractivity (Wildman–Crippen MR) is 97.4 cm³/mol. The van der Waals surface area contributed by atoms with E-state index in [9.17, 15) is 0 Å². The fraction of sp³-hybridized carbons (Fsp3) is 0.650. The molecule has 3 fully saturated rings. The number of hydrogen-bond donors (Lipinski definition) is 0. The maximum absolute atomic E-state index is 6.09. The monoisotopic (exact) mass is 377 g/mol. The van der Waals surface area contributed by atoms with Gasteiger partial charge in [0, 0.05) is 6.21 Å². The molecule has 3 heterocycles. The molecule has 3 aliphatic rings. The number of hydrogen-bond acceptors (Lipinski definition) is 7. The molecule has 0 amide bonds. The summed E-state index contributed by atoms with van der Waals surface area (Å²) in [5, 5.41) is 0. The highest BCUT2D eigenvalue weighted by molar-refractivity contribution is 5.79. The van der Waals surface area contributed by atoms with Crippen LogP contribution in [0.5, 0.6) is 0 Å². The summed E-state index contributed by atoms with van der Waals surface area (Å²) in [6, 6.07) is 9.83. The summed E-state index contributed by atoms with van der Waals surface area (Å²) in [6.07, 6.45) is -0.196. The Morgan fingerprint density at radius 1 is 0.852 bits per heavy atom. The summed E-state index contributed by atoms with van der Waals surface area (Å²) in [4.78, 5) is 4.45. The third-order valence-corrected chi connectivity index (χ3v) is 4.81. The van der Waals surface area contributed by atoms with Gasteiger partial charge in [0.2, 0.25) is 0 Å². The molecule has 0 aromatic heterocycles. The van der Waals surface area contributed by atoms with E-state index >= 15 is 0 Å². The van der Waals surface area contributed by atoms with Crippen molar-refractivity contribution in [3.05, 3.63) is 35.9 Å². The van der Waals surface area contributed by atoms with E-state index in [1.807, 2.05) is 58.0 Å². The third-order valence-electron chi connectivity index (χ3n) is 4.81. The van der Waals surface area contributed by atoms with Crippen molar-refractivity contribution in [3.8, 4) is 0 Å². The maximum atomic E-state index is 6.09. The minimum absolute atomic E-state index is 0.255.